The van der Waals surface area contributed by atoms with Crippen LogP contribution in [0.4, 0.5) is 8.78 Å². The second kappa shape index (κ2) is 4.00. The predicted molar refractivity (Wildman–Crippen MR) is 56.2 cm³/mol. The van der Waals surface area contributed by atoms with Crippen molar-refractivity contribution >= 4 is 0 Å². The van der Waals surface area contributed by atoms with Gasteiger partial charge < -0.3 is 5.73 Å². The van der Waals surface area contributed by atoms with E-state index in [1.807, 2.05) is 0 Å². The van der Waals surface area contributed by atoms with Crippen LogP contribution in [0.15, 0.2) is 12.1 Å². The Bertz CT molecular complexity index is 433. The highest BCUT2D eigenvalue weighted by Crippen LogP contribution is 2.14. The van der Waals surface area contributed by atoms with Gasteiger partial charge in [0.25, 0.3) is 0 Å². The van der Waals surface area contributed by atoms with E-state index in [0.717, 1.165) is 0 Å². The number of hydrogen-bond donors (Lipinski definition) is 1. The second-order valence-corrected chi connectivity index (χ2v) is 4.03. The van der Waals surface area contributed by atoms with Crippen LogP contribution in [-0.2, 0) is 0 Å². The molecule has 0 fully saturated rings. The Morgan fingerprint density at radius 1 is 1.20 bits per heavy atom. The van der Waals surface area contributed by atoms with E-state index in [-0.39, 0.29) is 11.1 Å². The molecular weight excluding hydrogens is 196 g/mol. The molecule has 0 bridgehead atoms. The molecule has 0 aliphatic heterocycles. The van der Waals surface area contributed by atoms with Gasteiger partial charge in [-0.3, -0.25) is 0 Å². The fraction of sp³-hybridized carbons (Fsp3) is 0.333. The Morgan fingerprint density at radius 2 is 1.80 bits per heavy atom. The highest BCUT2D eigenvalue weighted by molar-refractivity contribution is 5.39. The summed E-state index contributed by atoms with van der Waals surface area (Å²) in [5.41, 5.74) is 5.20. The summed E-state index contributed by atoms with van der Waals surface area (Å²) >= 11 is 0. The first-order valence-electron chi connectivity index (χ1n) is 4.58. The fourth-order valence-electron chi connectivity index (χ4n) is 0.971. The zero-order valence-electron chi connectivity index (χ0n) is 8.99. The lowest BCUT2D eigenvalue weighted by Gasteiger charge is -2.07. The van der Waals surface area contributed by atoms with Gasteiger partial charge in [-0.25, -0.2) is 8.78 Å². The van der Waals surface area contributed by atoms with Gasteiger partial charge in [0, 0.05) is 0 Å². The lowest BCUT2D eigenvalue weighted by Crippen LogP contribution is -2.29. The molecule has 0 unspecified atom stereocenters. The first-order valence-corrected chi connectivity index (χ1v) is 4.58. The Kier molecular flexibility index (Phi) is 3.11. The molecule has 3 heteroatoms. The molecule has 15 heavy (non-hydrogen) atoms. The second-order valence-electron chi connectivity index (χ2n) is 4.03. The van der Waals surface area contributed by atoms with Crippen LogP contribution in [0, 0.1) is 30.4 Å². The lowest BCUT2D eigenvalue weighted by molar-refractivity contribution is 0.501. The molecule has 1 aromatic carbocycles. The van der Waals surface area contributed by atoms with E-state index in [1.54, 1.807) is 13.8 Å². The van der Waals surface area contributed by atoms with Crippen LogP contribution in [0.1, 0.15) is 25.0 Å². The van der Waals surface area contributed by atoms with Crippen molar-refractivity contribution in [1.29, 1.82) is 0 Å². The monoisotopic (exact) mass is 209 g/mol. The van der Waals surface area contributed by atoms with E-state index in [2.05, 4.69) is 11.8 Å². The summed E-state index contributed by atoms with van der Waals surface area (Å²) < 4.78 is 26.5. The van der Waals surface area contributed by atoms with Crippen LogP contribution >= 0.6 is 0 Å². The first kappa shape index (κ1) is 11.7. The standard InChI is InChI=1S/C12H13F2N/c1-8-4-5-9(11(14)10(8)13)6-7-12(2,3)15/h4-5H,15H2,1-3H3. The summed E-state index contributed by atoms with van der Waals surface area (Å²) in [6, 6.07) is 2.94. The Labute approximate surface area is 88.3 Å². The number of benzene rings is 1. The quantitative estimate of drug-likeness (QED) is 0.652. The summed E-state index contributed by atoms with van der Waals surface area (Å²) in [4.78, 5) is 0. The van der Waals surface area contributed by atoms with Crippen molar-refractivity contribution in [3.8, 4) is 11.8 Å². The number of halogens is 2. The molecule has 80 valence electrons. The molecule has 0 atom stereocenters. The topological polar surface area (TPSA) is 26.0 Å². The average molecular weight is 209 g/mol. The Hall–Kier alpha value is -1.40. The molecule has 1 nitrogen and oxygen atoms in total. The SMILES string of the molecule is Cc1ccc(C#CC(C)(C)N)c(F)c1F. The maximum atomic E-state index is 13.3. The molecule has 0 spiro atoms. The first-order chi connectivity index (χ1) is 6.81. The predicted octanol–water partition coefficient (Wildman–Crippen LogP) is 2.36. The molecule has 0 aliphatic rings. The normalized spacial score (nSPS) is 10.8. The summed E-state index contributed by atoms with van der Waals surface area (Å²) in [6.45, 7) is 4.90. The number of hydrogen-bond acceptors (Lipinski definition) is 1. The molecule has 1 aromatic rings. The molecule has 0 aliphatic carbocycles. The van der Waals surface area contributed by atoms with Gasteiger partial charge in [0.15, 0.2) is 11.6 Å². The van der Waals surface area contributed by atoms with Crippen molar-refractivity contribution in [3.63, 3.8) is 0 Å². The fourth-order valence-corrected chi connectivity index (χ4v) is 0.971. The molecule has 1 rings (SSSR count). The van der Waals surface area contributed by atoms with Crippen molar-refractivity contribution in [2.75, 3.05) is 0 Å². The van der Waals surface area contributed by atoms with Gasteiger partial charge in [0.2, 0.25) is 0 Å². The van der Waals surface area contributed by atoms with Gasteiger partial charge in [-0.2, -0.15) is 0 Å². The van der Waals surface area contributed by atoms with Crippen molar-refractivity contribution in [1.82, 2.24) is 0 Å². The summed E-state index contributed by atoms with van der Waals surface area (Å²) in [5, 5.41) is 0. The van der Waals surface area contributed by atoms with Crippen molar-refractivity contribution < 1.29 is 8.78 Å². The van der Waals surface area contributed by atoms with Gasteiger partial charge >= 0.3 is 0 Å². The van der Waals surface area contributed by atoms with E-state index in [9.17, 15) is 8.78 Å². The molecule has 0 saturated heterocycles. The Morgan fingerprint density at radius 3 is 2.33 bits per heavy atom. The van der Waals surface area contributed by atoms with Gasteiger partial charge in [-0.05, 0) is 32.4 Å². The van der Waals surface area contributed by atoms with Gasteiger partial charge in [0.05, 0.1) is 11.1 Å². The summed E-state index contributed by atoms with van der Waals surface area (Å²) in [5.74, 6) is 3.42. The van der Waals surface area contributed by atoms with Crippen LogP contribution < -0.4 is 5.73 Å². The third-order valence-corrected chi connectivity index (χ3v) is 1.79. The number of nitrogens with two attached hydrogens (primary N) is 1. The molecule has 0 heterocycles. The highest BCUT2D eigenvalue weighted by Gasteiger charge is 2.10. The molecule has 0 aromatic heterocycles. The minimum absolute atomic E-state index is 0.0385. The zero-order valence-corrected chi connectivity index (χ0v) is 8.99. The lowest BCUT2D eigenvalue weighted by atomic mass is 10.1. The van der Waals surface area contributed by atoms with Crippen molar-refractivity contribution in [2.45, 2.75) is 26.3 Å². The van der Waals surface area contributed by atoms with Gasteiger partial charge in [0.1, 0.15) is 0 Å². The van der Waals surface area contributed by atoms with Crippen LogP contribution in [-0.4, -0.2) is 5.54 Å². The highest BCUT2D eigenvalue weighted by atomic mass is 19.2. The maximum Gasteiger partial charge on any atom is 0.174 e. The van der Waals surface area contributed by atoms with E-state index >= 15 is 0 Å². The molecule has 0 saturated carbocycles. The number of rotatable bonds is 0. The maximum absolute atomic E-state index is 13.3. The minimum Gasteiger partial charge on any atom is -0.316 e. The van der Waals surface area contributed by atoms with Crippen LogP contribution in [0.5, 0.6) is 0 Å². The smallest absolute Gasteiger partial charge is 0.174 e. The van der Waals surface area contributed by atoms with Crippen LogP contribution in [0.2, 0.25) is 0 Å². The Balaban J connectivity index is 3.17. The number of aryl methyl sites for hydroxylation is 1. The van der Waals surface area contributed by atoms with Crippen LogP contribution in [0.3, 0.4) is 0 Å². The van der Waals surface area contributed by atoms with E-state index in [0.29, 0.717) is 0 Å². The minimum atomic E-state index is -0.910. The van der Waals surface area contributed by atoms with Gasteiger partial charge in [-0.15, -0.1) is 0 Å². The summed E-state index contributed by atoms with van der Waals surface area (Å²) in [7, 11) is 0. The summed E-state index contributed by atoms with van der Waals surface area (Å²) in [6.07, 6.45) is 0. The van der Waals surface area contributed by atoms with E-state index in [1.165, 1.54) is 19.1 Å². The molecular formula is C12H13F2N. The third kappa shape index (κ3) is 3.03. The zero-order chi connectivity index (χ0) is 11.6. The largest absolute Gasteiger partial charge is 0.316 e. The van der Waals surface area contributed by atoms with Gasteiger partial charge in [-0.1, -0.05) is 17.9 Å². The van der Waals surface area contributed by atoms with E-state index in [4.69, 9.17) is 5.73 Å². The van der Waals surface area contributed by atoms with Crippen molar-refractivity contribution in [3.05, 3.63) is 34.9 Å². The third-order valence-electron chi connectivity index (χ3n) is 1.79. The molecule has 0 radical (unpaired) electrons. The van der Waals surface area contributed by atoms with E-state index < -0.39 is 17.2 Å². The molecule has 2 N–H and O–H groups in total. The van der Waals surface area contributed by atoms with Crippen LogP contribution in [0.25, 0.3) is 0 Å². The average Bonchev–Trinajstić information content (AvgIpc) is 2.12. The molecule has 0 amide bonds. The van der Waals surface area contributed by atoms with Crippen molar-refractivity contribution in [2.24, 2.45) is 5.73 Å².